The van der Waals surface area contributed by atoms with E-state index in [0.29, 0.717) is 11.7 Å². The molecule has 3 rings (SSSR count). The summed E-state index contributed by atoms with van der Waals surface area (Å²) < 4.78 is 5.26. The highest BCUT2D eigenvalue weighted by atomic mass is 16.5. The molecule has 1 aliphatic carbocycles. The second kappa shape index (κ2) is 4.53. The Labute approximate surface area is 106 Å². The van der Waals surface area contributed by atoms with E-state index < -0.39 is 0 Å². The Morgan fingerprint density at radius 1 is 1.39 bits per heavy atom. The van der Waals surface area contributed by atoms with Crippen LogP contribution < -0.4 is 5.73 Å². The summed E-state index contributed by atoms with van der Waals surface area (Å²) in [4.78, 5) is 4.42. The molecule has 0 saturated heterocycles. The predicted octanol–water partition coefficient (Wildman–Crippen LogP) is 2.56. The molecule has 0 aliphatic heterocycles. The number of nitrogens with two attached hydrogens (primary N) is 1. The third-order valence-electron chi connectivity index (χ3n) is 3.43. The molecule has 0 amide bonds. The molecular formula is C14H17N3O. The molecule has 1 fully saturated rings. The molecule has 1 aromatic carbocycles. The fraction of sp³-hybridized carbons (Fsp3) is 0.429. The first kappa shape index (κ1) is 11.4. The van der Waals surface area contributed by atoms with Crippen LogP contribution in [0.25, 0.3) is 0 Å². The summed E-state index contributed by atoms with van der Waals surface area (Å²) in [5, 5.41) is 4.02. The molecule has 2 aromatic rings. The van der Waals surface area contributed by atoms with Crippen LogP contribution in [0, 0.1) is 0 Å². The maximum atomic E-state index is 6.24. The number of hydrogen-bond donors (Lipinski definition) is 1. The molecule has 1 atom stereocenters. The summed E-state index contributed by atoms with van der Waals surface area (Å²) in [6.07, 6.45) is 3.27. The number of aromatic nitrogens is 2. The van der Waals surface area contributed by atoms with Crippen LogP contribution in [0.3, 0.4) is 0 Å². The molecule has 4 nitrogen and oxygen atoms in total. The van der Waals surface area contributed by atoms with Crippen molar-refractivity contribution in [2.45, 2.75) is 38.1 Å². The van der Waals surface area contributed by atoms with Gasteiger partial charge in [-0.15, -0.1) is 0 Å². The first-order valence-corrected chi connectivity index (χ1v) is 6.46. The minimum absolute atomic E-state index is 0.294. The van der Waals surface area contributed by atoms with Gasteiger partial charge in [0.1, 0.15) is 0 Å². The lowest BCUT2D eigenvalue weighted by Crippen LogP contribution is -2.15. The average Bonchev–Trinajstić information content (AvgIpc) is 3.16. The van der Waals surface area contributed by atoms with E-state index in [-0.39, 0.29) is 6.04 Å². The van der Waals surface area contributed by atoms with E-state index in [9.17, 15) is 0 Å². The fourth-order valence-electron chi connectivity index (χ4n) is 2.17. The summed E-state index contributed by atoms with van der Waals surface area (Å²) in [6, 6.07) is 7.86. The van der Waals surface area contributed by atoms with E-state index >= 15 is 0 Å². The molecule has 2 N–H and O–H groups in total. The standard InChI is InChI=1S/C14H17N3O/c1-2-9-5-3-4-6-11(9)12(15)13-16-14(18-17-13)10-7-8-10/h3-6,10,12H,2,7-8,15H2,1H3. The monoisotopic (exact) mass is 243 g/mol. The van der Waals surface area contributed by atoms with Crippen LogP contribution in [0.1, 0.15) is 54.6 Å². The summed E-state index contributed by atoms with van der Waals surface area (Å²) in [5.41, 5.74) is 8.57. The Hall–Kier alpha value is -1.68. The average molecular weight is 243 g/mol. The largest absolute Gasteiger partial charge is 0.339 e. The molecule has 1 saturated carbocycles. The van der Waals surface area contributed by atoms with E-state index in [4.69, 9.17) is 10.3 Å². The van der Waals surface area contributed by atoms with Crippen LogP contribution in [0.2, 0.25) is 0 Å². The zero-order chi connectivity index (χ0) is 12.5. The van der Waals surface area contributed by atoms with Crippen molar-refractivity contribution >= 4 is 0 Å². The highest BCUT2D eigenvalue weighted by molar-refractivity contribution is 5.33. The van der Waals surface area contributed by atoms with E-state index in [1.807, 2.05) is 18.2 Å². The van der Waals surface area contributed by atoms with Crippen molar-refractivity contribution in [2.75, 3.05) is 0 Å². The Morgan fingerprint density at radius 3 is 2.89 bits per heavy atom. The molecule has 4 heteroatoms. The van der Waals surface area contributed by atoms with Gasteiger partial charge in [0, 0.05) is 5.92 Å². The lowest BCUT2D eigenvalue weighted by atomic mass is 9.99. The predicted molar refractivity (Wildman–Crippen MR) is 68.1 cm³/mol. The smallest absolute Gasteiger partial charge is 0.229 e. The number of nitrogens with zero attached hydrogens (tertiary/aromatic N) is 2. The molecule has 1 unspecified atom stereocenters. The van der Waals surface area contributed by atoms with E-state index in [1.165, 1.54) is 5.56 Å². The molecular weight excluding hydrogens is 226 g/mol. The third kappa shape index (κ3) is 2.04. The molecule has 18 heavy (non-hydrogen) atoms. The topological polar surface area (TPSA) is 64.9 Å². The van der Waals surface area contributed by atoms with Crippen molar-refractivity contribution in [3.8, 4) is 0 Å². The lowest BCUT2D eigenvalue weighted by Gasteiger charge is -2.11. The molecule has 1 aromatic heterocycles. The Kier molecular flexibility index (Phi) is 2.88. The van der Waals surface area contributed by atoms with E-state index in [0.717, 1.165) is 30.7 Å². The van der Waals surface area contributed by atoms with Crippen LogP contribution in [0.4, 0.5) is 0 Å². The Morgan fingerprint density at radius 2 is 2.17 bits per heavy atom. The Balaban J connectivity index is 1.89. The zero-order valence-electron chi connectivity index (χ0n) is 10.5. The summed E-state index contributed by atoms with van der Waals surface area (Å²) in [5.74, 6) is 1.81. The van der Waals surface area contributed by atoms with Gasteiger partial charge in [-0.25, -0.2) is 0 Å². The highest BCUT2D eigenvalue weighted by Crippen LogP contribution is 2.39. The first-order chi connectivity index (χ1) is 8.79. The van der Waals surface area contributed by atoms with Gasteiger partial charge in [-0.2, -0.15) is 4.98 Å². The van der Waals surface area contributed by atoms with Crippen molar-refractivity contribution < 1.29 is 4.52 Å². The van der Waals surface area contributed by atoms with Gasteiger partial charge in [-0.1, -0.05) is 36.3 Å². The lowest BCUT2D eigenvalue weighted by molar-refractivity contribution is 0.372. The first-order valence-electron chi connectivity index (χ1n) is 6.46. The second-order valence-corrected chi connectivity index (χ2v) is 4.80. The van der Waals surface area contributed by atoms with Gasteiger partial charge >= 0.3 is 0 Å². The molecule has 0 radical (unpaired) electrons. The number of benzene rings is 1. The highest BCUT2D eigenvalue weighted by Gasteiger charge is 2.30. The minimum Gasteiger partial charge on any atom is -0.339 e. The zero-order valence-corrected chi connectivity index (χ0v) is 10.5. The quantitative estimate of drug-likeness (QED) is 0.896. The second-order valence-electron chi connectivity index (χ2n) is 4.80. The summed E-state index contributed by atoms with van der Waals surface area (Å²) in [7, 11) is 0. The SMILES string of the molecule is CCc1ccccc1C(N)c1noc(C2CC2)n1. The summed E-state index contributed by atoms with van der Waals surface area (Å²) >= 11 is 0. The maximum Gasteiger partial charge on any atom is 0.229 e. The van der Waals surface area contributed by atoms with Gasteiger partial charge in [0.2, 0.25) is 5.89 Å². The van der Waals surface area contributed by atoms with Crippen LogP contribution in [0.15, 0.2) is 28.8 Å². The van der Waals surface area contributed by atoms with Crippen molar-refractivity contribution in [3.63, 3.8) is 0 Å². The number of aryl methyl sites for hydroxylation is 1. The van der Waals surface area contributed by atoms with Gasteiger partial charge < -0.3 is 10.3 Å². The molecule has 1 aliphatic rings. The van der Waals surface area contributed by atoms with Crippen LogP contribution in [-0.4, -0.2) is 10.1 Å². The number of rotatable bonds is 4. The fourth-order valence-corrected chi connectivity index (χ4v) is 2.17. The molecule has 0 bridgehead atoms. The van der Waals surface area contributed by atoms with Crippen LogP contribution in [0.5, 0.6) is 0 Å². The van der Waals surface area contributed by atoms with Crippen molar-refractivity contribution in [1.29, 1.82) is 0 Å². The van der Waals surface area contributed by atoms with Crippen molar-refractivity contribution in [3.05, 3.63) is 47.1 Å². The van der Waals surface area contributed by atoms with E-state index in [2.05, 4.69) is 23.1 Å². The van der Waals surface area contributed by atoms with Gasteiger partial charge in [-0.05, 0) is 30.4 Å². The molecule has 94 valence electrons. The number of hydrogen-bond acceptors (Lipinski definition) is 4. The summed E-state index contributed by atoms with van der Waals surface area (Å²) in [6.45, 7) is 2.12. The maximum absolute atomic E-state index is 6.24. The normalized spacial score (nSPS) is 16.8. The molecule has 0 spiro atoms. The van der Waals surface area contributed by atoms with Crippen molar-refractivity contribution in [2.24, 2.45) is 5.73 Å². The van der Waals surface area contributed by atoms with Crippen LogP contribution >= 0.6 is 0 Å². The van der Waals surface area contributed by atoms with E-state index in [1.54, 1.807) is 0 Å². The van der Waals surface area contributed by atoms with Gasteiger partial charge in [0.25, 0.3) is 0 Å². The third-order valence-corrected chi connectivity index (χ3v) is 3.43. The minimum atomic E-state index is -0.294. The van der Waals surface area contributed by atoms with Gasteiger partial charge in [-0.3, -0.25) is 0 Å². The molecule has 1 heterocycles. The van der Waals surface area contributed by atoms with Gasteiger partial charge in [0.15, 0.2) is 5.82 Å². The van der Waals surface area contributed by atoms with Gasteiger partial charge in [0.05, 0.1) is 6.04 Å². The Bertz CT molecular complexity index is 545. The van der Waals surface area contributed by atoms with Crippen LogP contribution in [-0.2, 0) is 6.42 Å². The van der Waals surface area contributed by atoms with Crippen molar-refractivity contribution in [1.82, 2.24) is 10.1 Å².